The van der Waals surface area contributed by atoms with E-state index in [1.807, 2.05) is 11.8 Å². The van der Waals surface area contributed by atoms with Crippen LogP contribution in [0.1, 0.15) is 31.1 Å². The van der Waals surface area contributed by atoms with Crippen molar-refractivity contribution < 1.29 is 13.2 Å². The fourth-order valence-electron chi connectivity index (χ4n) is 1.97. The smallest absolute Gasteiger partial charge is 0.270 e. The first-order chi connectivity index (χ1) is 8.91. The maximum absolute atomic E-state index is 12.2. The van der Waals surface area contributed by atoms with Crippen LogP contribution in [0.3, 0.4) is 0 Å². The number of rotatable bonds is 6. The first kappa shape index (κ1) is 14.8. The van der Waals surface area contributed by atoms with Gasteiger partial charge in [0.2, 0.25) is 5.91 Å². The van der Waals surface area contributed by atoms with Gasteiger partial charge in [0.25, 0.3) is 9.05 Å². The van der Waals surface area contributed by atoms with Crippen molar-refractivity contribution in [1.82, 2.24) is 4.90 Å². The summed E-state index contributed by atoms with van der Waals surface area (Å²) in [5, 5.41) is 0. The Morgan fingerprint density at radius 3 is 2.63 bits per heavy atom. The molecule has 0 unspecified atom stereocenters. The third kappa shape index (κ3) is 3.94. The molecule has 1 heterocycles. The lowest BCUT2D eigenvalue weighted by molar-refractivity contribution is -0.131. The van der Waals surface area contributed by atoms with E-state index < -0.39 is 9.05 Å². The van der Waals surface area contributed by atoms with E-state index in [-0.39, 0.29) is 16.5 Å². The molecule has 0 radical (unpaired) electrons. The van der Waals surface area contributed by atoms with E-state index in [0.29, 0.717) is 6.04 Å². The highest BCUT2D eigenvalue weighted by Crippen LogP contribution is 2.29. The normalized spacial score (nSPS) is 15.5. The Morgan fingerprint density at radius 2 is 2.16 bits per heavy atom. The van der Waals surface area contributed by atoms with Gasteiger partial charge in [0.15, 0.2) is 0 Å². The van der Waals surface area contributed by atoms with Crippen LogP contribution in [0.4, 0.5) is 0 Å². The Labute approximate surface area is 121 Å². The Bertz CT molecular complexity index is 563. The Morgan fingerprint density at radius 1 is 1.47 bits per heavy atom. The lowest BCUT2D eigenvalue weighted by atomic mass is 10.3. The quantitative estimate of drug-likeness (QED) is 0.757. The van der Waals surface area contributed by atoms with Crippen molar-refractivity contribution >= 4 is 37.0 Å². The van der Waals surface area contributed by atoms with Gasteiger partial charge in [-0.25, -0.2) is 8.42 Å². The van der Waals surface area contributed by atoms with Gasteiger partial charge in [-0.15, -0.1) is 11.3 Å². The van der Waals surface area contributed by atoms with Gasteiger partial charge in [-0.3, -0.25) is 4.79 Å². The zero-order valence-electron chi connectivity index (χ0n) is 10.6. The summed E-state index contributed by atoms with van der Waals surface area (Å²) in [5.74, 6) is 0.0738. The molecule has 1 aromatic heterocycles. The van der Waals surface area contributed by atoms with Gasteiger partial charge in [0.05, 0.1) is 6.42 Å². The van der Waals surface area contributed by atoms with Crippen LogP contribution in [0.5, 0.6) is 0 Å². The second-order valence-corrected chi connectivity index (χ2v) is 8.61. The summed E-state index contributed by atoms with van der Waals surface area (Å²) in [4.78, 5) is 14.8. The predicted molar refractivity (Wildman–Crippen MR) is 76.1 cm³/mol. The average molecular weight is 322 g/mol. The predicted octanol–water partition coefficient (Wildman–Crippen LogP) is 2.62. The number of hydrogen-bond donors (Lipinski definition) is 0. The van der Waals surface area contributed by atoms with Crippen molar-refractivity contribution in [3.8, 4) is 0 Å². The summed E-state index contributed by atoms with van der Waals surface area (Å²) in [6.07, 6.45) is 3.36. The fraction of sp³-hybridized carbons (Fsp3) is 0.583. The second kappa shape index (κ2) is 5.81. The Kier molecular flexibility index (Phi) is 4.53. The van der Waals surface area contributed by atoms with Gasteiger partial charge in [0.1, 0.15) is 4.21 Å². The largest absolute Gasteiger partial charge is 0.339 e. The van der Waals surface area contributed by atoms with E-state index in [9.17, 15) is 13.2 Å². The standard InChI is InChI=1S/C12H16ClNO3S2/c1-2-7-14(9-3-4-9)11(15)8-10-5-6-12(18-10)19(13,16)17/h5-6,9H,2-4,7-8H2,1H3. The van der Waals surface area contributed by atoms with Crippen molar-refractivity contribution in [3.63, 3.8) is 0 Å². The molecule has 0 spiro atoms. The van der Waals surface area contributed by atoms with Crippen LogP contribution in [0.2, 0.25) is 0 Å². The molecule has 2 rings (SSSR count). The molecule has 0 bridgehead atoms. The zero-order chi connectivity index (χ0) is 14.0. The van der Waals surface area contributed by atoms with Gasteiger partial charge in [-0.2, -0.15) is 0 Å². The molecule has 1 amide bonds. The lowest BCUT2D eigenvalue weighted by Gasteiger charge is -2.21. The lowest BCUT2D eigenvalue weighted by Crippen LogP contribution is -2.34. The van der Waals surface area contributed by atoms with Crippen LogP contribution in [-0.2, 0) is 20.3 Å². The molecule has 106 valence electrons. The Balaban J connectivity index is 2.03. The molecule has 0 atom stereocenters. The maximum atomic E-state index is 12.2. The fourth-order valence-corrected chi connectivity index (χ4v) is 4.09. The van der Waals surface area contributed by atoms with Crippen LogP contribution in [-0.4, -0.2) is 31.8 Å². The van der Waals surface area contributed by atoms with Crippen LogP contribution in [0, 0.1) is 0 Å². The highest BCUT2D eigenvalue weighted by atomic mass is 35.7. The van der Waals surface area contributed by atoms with Gasteiger partial charge < -0.3 is 4.90 Å². The molecule has 1 aliphatic carbocycles. The first-order valence-corrected chi connectivity index (χ1v) is 9.37. The highest BCUT2D eigenvalue weighted by Gasteiger charge is 2.31. The molecular formula is C12H16ClNO3S2. The topological polar surface area (TPSA) is 54.5 Å². The van der Waals surface area contributed by atoms with Crippen LogP contribution >= 0.6 is 22.0 Å². The summed E-state index contributed by atoms with van der Waals surface area (Å²) < 4.78 is 22.4. The van der Waals surface area contributed by atoms with E-state index >= 15 is 0 Å². The summed E-state index contributed by atoms with van der Waals surface area (Å²) in [7, 11) is 1.58. The van der Waals surface area contributed by atoms with E-state index in [2.05, 4.69) is 0 Å². The molecule has 1 aromatic rings. The van der Waals surface area contributed by atoms with Crippen molar-refractivity contribution in [2.75, 3.05) is 6.54 Å². The SMILES string of the molecule is CCCN(C(=O)Cc1ccc(S(=O)(=O)Cl)s1)C1CC1. The summed E-state index contributed by atoms with van der Waals surface area (Å²) in [6, 6.07) is 3.51. The molecule has 19 heavy (non-hydrogen) atoms. The molecule has 0 saturated heterocycles. The average Bonchev–Trinajstić information content (AvgIpc) is 3.03. The molecule has 1 saturated carbocycles. The van der Waals surface area contributed by atoms with Crippen molar-refractivity contribution in [3.05, 3.63) is 17.0 Å². The maximum Gasteiger partial charge on any atom is 0.270 e. The number of nitrogens with zero attached hydrogens (tertiary/aromatic N) is 1. The molecule has 0 aliphatic heterocycles. The molecule has 7 heteroatoms. The minimum Gasteiger partial charge on any atom is -0.339 e. The van der Waals surface area contributed by atoms with E-state index in [0.717, 1.165) is 42.0 Å². The van der Waals surface area contributed by atoms with E-state index in [1.54, 1.807) is 6.07 Å². The third-order valence-electron chi connectivity index (χ3n) is 2.98. The molecule has 0 N–H and O–H groups in total. The van der Waals surface area contributed by atoms with Gasteiger partial charge in [-0.1, -0.05) is 6.92 Å². The van der Waals surface area contributed by atoms with Gasteiger partial charge >= 0.3 is 0 Å². The summed E-state index contributed by atoms with van der Waals surface area (Å²) in [5.41, 5.74) is 0. The molecule has 1 fully saturated rings. The molecule has 4 nitrogen and oxygen atoms in total. The van der Waals surface area contributed by atoms with E-state index in [4.69, 9.17) is 10.7 Å². The van der Waals surface area contributed by atoms with Crippen LogP contribution in [0.15, 0.2) is 16.3 Å². The number of amides is 1. The van der Waals surface area contributed by atoms with E-state index in [1.165, 1.54) is 6.07 Å². The number of thiophene rings is 1. The number of hydrogen-bond acceptors (Lipinski definition) is 4. The Hall–Kier alpha value is -0.590. The molecule has 1 aliphatic rings. The monoisotopic (exact) mass is 321 g/mol. The van der Waals surface area contributed by atoms with Gasteiger partial charge in [0, 0.05) is 28.1 Å². The summed E-state index contributed by atoms with van der Waals surface area (Å²) in [6.45, 7) is 2.82. The minimum atomic E-state index is -3.69. The number of carbonyl (C=O) groups is 1. The number of halogens is 1. The van der Waals surface area contributed by atoms with Crippen molar-refractivity contribution in [1.29, 1.82) is 0 Å². The minimum absolute atomic E-state index is 0.0738. The second-order valence-electron chi connectivity index (χ2n) is 4.65. The first-order valence-electron chi connectivity index (χ1n) is 6.24. The zero-order valence-corrected chi connectivity index (χ0v) is 13.0. The van der Waals surface area contributed by atoms with Crippen LogP contribution < -0.4 is 0 Å². The van der Waals surface area contributed by atoms with Gasteiger partial charge in [-0.05, 0) is 31.4 Å². The van der Waals surface area contributed by atoms with Crippen LogP contribution in [0.25, 0.3) is 0 Å². The number of carbonyl (C=O) groups excluding carboxylic acids is 1. The highest BCUT2D eigenvalue weighted by molar-refractivity contribution is 8.15. The van der Waals surface area contributed by atoms with Crippen molar-refractivity contribution in [2.24, 2.45) is 0 Å². The molecular weight excluding hydrogens is 306 g/mol. The van der Waals surface area contributed by atoms with Crippen molar-refractivity contribution in [2.45, 2.75) is 42.9 Å². The third-order valence-corrected chi connectivity index (χ3v) is 6.15. The molecule has 0 aromatic carbocycles. The summed E-state index contributed by atoms with van der Waals surface area (Å²) >= 11 is 1.07.